The Balaban J connectivity index is 2.10. The first-order chi connectivity index (χ1) is 10.0. The first-order valence-corrected chi connectivity index (χ1v) is 7.15. The third kappa shape index (κ3) is 3.55. The first-order valence-electron chi connectivity index (χ1n) is 6.33. The minimum atomic E-state index is -0.396. The minimum Gasteiger partial charge on any atom is -0.494 e. The van der Waals surface area contributed by atoms with Gasteiger partial charge in [-0.3, -0.25) is 0 Å². The van der Waals surface area contributed by atoms with Crippen LogP contribution in [0.3, 0.4) is 0 Å². The van der Waals surface area contributed by atoms with E-state index in [2.05, 4.69) is 10.3 Å². The largest absolute Gasteiger partial charge is 0.494 e. The lowest BCUT2D eigenvalue weighted by Crippen LogP contribution is -2.07. The Morgan fingerprint density at radius 3 is 2.62 bits per heavy atom. The van der Waals surface area contributed by atoms with E-state index < -0.39 is 5.82 Å². The normalized spacial score (nSPS) is 10.3. The maximum Gasteiger partial charge on any atom is 0.231 e. The fourth-order valence-electron chi connectivity index (χ4n) is 1.75. The molecule has 21 heavy (non-hydrogen) atoms. The predicted octanol–water partition coefficient (Wildman–Crippen LogP) is 2.98. The summed E-state index contributed by atoms with van der Waals surface area (Å²) < 4.78 is 23.8. The molecule has 7 heteroatoms. The molecule has 0 fully saturated rings. The van der Waals surface area contributed by atoms with Gasteiger partial charge in [0.25, 0.3) is 0 Å². The Labute approximate surface area is 127 Å². The van der Waals surface area contributed by atoms with Gasteiger partial charge in [0.05, 0.1) is 25.6 Å². The summed E-state index contributed by atoms with van der Waals surface area (Å²) in [5, 5.41) is 4.02. The number of rotatable bonds is 6. The number of hydrogen-bond donors (Lipinski definition) is 1. The lowest BCUT2D eigenvalue weighted by atomic mass is 10.3. The number of nitrogens with one attached hydrogen (secondary N) is 1. The molecule has 5 nitrogen and oxygen atoms in total. The van der Waals surface area contributed by atoms with Crippen LogP contribution in [0.5, 0.6) is 11.6 Å². The molecule has 0 spiro atoms. The van der Waals surface area contributed by atoms with E-state index >= 15 is 0 Å². The van der Waals surface area contributed by atoms with Crippen molar-refractivity contribution < 1.29 is 13.9 Å². The summed E-state index contributed by atoms with van der Waals surface area (Å²) in [6.45, 7) is 0.514. The average molecular weight is 311 g/mol. The molecule has 1 aromatic carbocycles. The van der Waals surface area contributed by atoms with Crippen molar-refractivity contribution in [3.05, 3.63) is 28.9 Å². The van der Waals surface area contributed by atoms with Gasteiger partial charge in [-0.05, 0) is 12.1 Å². The van der Waals surface area contributed by atoms with Crippen molar-refractivity contribution >= 4 is 22.2 Å². The molecule has 0 aliphatic rings. The molecule has 0 bridgehead atoms. The standard InChI is InChI=1S/C14H18FN3O2S/c1-18(2)14-17-13(20-4)12(21-14)8-16-9-5-6-11(19-3)10(15)7-9/h5-7,16H,8H2,1-4H3. The first kappa shape index (κ1) is 15.4. The van der Waals surface area contributed by atoms with Crippen LogP contribution in [0.2, 0.25) is 0 Å². The van der Waals surface area contributed by atoms with Gasteiger partial charge in [-0.1, -0.05) is 11.3 Å². The van der Waals surface area contributed by atoms with Crippen molar-refractivity contribution in [3.63, 3.8) is 0 Å². The second kappa shape index (κ2) is 6.62. The molecule has 1 heterocycles. The second-order valence-corrected chi connectivity index (χ2v) is 5.59. The second-order valence-electron chi connectivity index (χ2n) is 4.53. The van der Waals surface area contributed by atoms with Crippen LogP contribution in [0.1, 0.15) is 4.88 Å². The molecule has 114 valence electrons. The van der Waals surface area contributed by atoms with Gasteiger partial charge in [0.2, 0.25) is 5.88 Å². The Morgan fingerprint density at radius 2 is 2.05 bits per heavy atom. The molecule has 1 N–H and O–H groups in total. The molecule has 0 saturated carbocycles. The zero-order valence-electron chi connectivity index (χ0n) is 12.4. The quantitative estimate of drug-likeness (QED) is 0.888. The number of methoxy groups -OCH3 is 2. The van der Waals surface area contributed by atoms with Crippen LogP contribution < -0.4 is 19.7 Å². The molecular weight excluding hydrogens is 293 g/mol. The highest BCUT2D eigenvalue weighted by Crippen LogP contribution is 2.31. The Bertz CT molecular complexity index is 616. The topological polar surface area (TPSA) is 46.6 Å². The Kier molecular flexibility index (Phi) is 4.85. The fraction of sp³-hybridized carbons (Fsp3) is 0.357. The molecule has 0 radical (unpaired) electrons. The highest BCUT2D eigenvalue weighted by molar-refractivity contribution is 7.15. The van der Waals surface area contributed by atoms with Crippen molar-refractivity contribution in [2.45, 2.75) is 6.54 Å². The summed E-state index contributed by atoms with van der Waals surface area (Å²) in [5.74, 6) is 0.420. The molecule has 0 atom stereocenters. The van der Waals surface area contributed by atoms with E-state index in [0.717, 1.165) is 10.0 Å². The maximum atomic E-state index is 13.6. The number of benzene rings is 1. The van der Waals surface area contributed by atoms with Crippen LogP contribution in [-0.4, -0.2) is 33.3 Å². The van der Waals surface area contributed by atoms with Crippen LogP contribution >= 0.6 is 11.3 Å². The SMILES string of the molecule is COc1ccc(NCc2sc(N(C)C)nc2OC)cc1F. The summed E-state index contributed by atoms with van der Waals surface area (Å²) in [5.41, 5.74) is 0.676. The molecule has 0 aliphatic carbocycles. The van der Waals surface area contributed by atoms with Crippen LogP contribution in [0.25, 0.3) is 0 Å². The van der Waals surface area contributed by atoms with E-state index in [4.69, 9.17) is 9.47 Å². The maximum absolute atomic E-state index is 13.6. The number of nitrogens with zero attached hydrogens (tertiary/aromatic N) is 2. The Hall–Kier alpha value is -2.02. The van der Waals surface area contributed by atoms with E-state index in [1.165, 1.54) is 24.5 Å². The zero-order valence-corrected chi connectivity index (χ0v) is 13.3. The van der Waals surface area contributed by atoms with Crippen molar-refractivity contribution in [3.8, 4) is 11.6 Å². The Morgan fingerprint density at radius 1 is 1.29 bits per heavy atom. The molecule has 0 saturated heterocycles. The van der Waals surface area contributed by atoms with Crippen molar-refractivity contribution in [2.24, 2.45) is 0 Å². The smallest absolute Gasteiger partial charge is 0.231 e. The van der Waals surface area contributed by atoms with E-state index in [1.807, 2.05) is 19.0 Å². The third-order valence-corrected chi connectivity index (χ3v) is 4.04. The number of thiazole rings is 1. The van der Waals surface area contributed by atoms with Gasteiger partial charge in [-0.15, -0.1) is 0 Å². The van der Waals surface area contributed by atoms with E-state index in [0.29, 0.717) is 18.1 Å². The number of anilines is 2. The van der Waals surface area contributed by atoms with Crippen LogP contribution in [0.15, 0.2) is 18.2 Å². The van der Waals surface area contributed by atoms with Crippen LogP contribution in [0.4, 0.5) is 15.2 Å². The van der Waals surface area contributed by atoms with E-state index in [1.54, 1.807) is 19.2 Å². The van der Waals surface area contributed by atoms with Crippen LogP contribution in [-0.2, 0) is 6.54 Å². The highest BCUT2D eigenvalue weighted by Gasteiger charge is 2.13. The molecule has 2 aromatic rings. The summed E-state index contributed by atoms with van der Waals surface area (Å²) >= 11 is 1.53. The van der Waals surface area contributed by atoms with Crippen molar-refractivity contribution in [1.82, 2.24) is 4.98 Å². The zero-order chi connectivity index (χ0) is 15.4. The molecule has 0 amide bonds. The van der Waals surface area contributed by atoms with E-state index in [9.17, 15) is 4.39 Å². The molecule has 0 aliphatic heterocycles. The van der Waals surface area contributed by atoms with Gasteiger partial charge in [-0.25, -0.2) is 4.39 Å². The summed E-state index contributed by atoms with van der Waals surface area (Å²) in [6.07, 6.45) is 0. The van der Waals surface area contributed by atoms with Crippen LogP contribution in [0, 0.1) is 5.82 Å². The van der Waals surface area contributed by atoms with Gasteiger partial charge < -0.3 is 19.7 Å². The van der Waals surface area contributed by atoms with Crippen molar-refractivity contribution in [1.29, 1.82) is 0 Å². The van der Waals surface area contributed by atoms with Gasteiger partial charge >= 0.3 is 0 Å². The molecular formula is C14H18FN3O2S. The van der Waals surface area contributed by atoms with Gasteiger partial charge in [0.15, 0.2) is 16.7 Å². The van der Waals surface area contributed by atoms with Gasteiger partial charge in [-0.2, -0.15) is 4.98 Å². The van der Waals surface area contributed by atoms with Gasteiger partial charge in [0, 0.05) is 25.8 Å². The molecule has 2 rings (SSSR count). The average Bonchev–Trinajstić information content (AvgIpc) is 2.88. The number of aromatic nitrogens is 1. The number of ether oxygens (including phenoxy) is 2. The minimum absolute atomic E-state index is 0.228. The highest BCUT2D eigenvalue weighted by atomic mass is 32.1. The number of halogens is 1. The number of hydrogen-bond acceptors (Lipinski definition) is 6. The molecule has 0 unspecified atom stereocenters. The lowest BCUT2D eigenvalue weighted by Gasteiger charge is -2.08. The molecule has 1 aromatic heterocycles. The third-order valence-electron chi connectivity index (χ3n) is 2.83. The monoisotopic (exact) mass is 311 g/mol. The van der Waals surface area contributed by atoms with E-state index in [-0.39, 0.29) is 5.75 Å². The summed E-state index contributed by atoms with van der Waals surface area (Å²) in [6, 6.07) is 4.76. The lowest BCUT2D eigenvalue weighted by molar-refractivity contribution is 0.386. The van der Waals surface area contributed by atoms with Gasteiger partial charge in [0.1, 0.15) is 0 Å². The summed E-state index contributed by atoms with van der Waals surface area (Å²) in [4.78, 5) is 7.25. The predicted molar refractivity (Wildman–Crippen MR) is 83.3 cm³/mol. The van der Waals surface area contributed by atoms with Crippen molar-refractivity contribution in [2.75, 3.05) is 38.5 Å². The fourth-order valence-corrected chi connectivity index (χ4v) is 2.64. The summed E-state index contributed by atoms with van der Waals surface area (Å²) in [7, 11) is 6.88.